The van der Waals surface area contributed by atoms with Crippen LogP contribution in [0.15, 0.2) is 73.1 Å². The van der Waals surface area contributed by atoms with Crippen molar-refractivity contribution in [3.8, 4) is 0 Å². The molecule has 1 N–H and O–H groups in total. The molecule has 0 atom stereocenters. The zero-order valence-electron chi connectivity index (χ0n) is 24.1. The van der Waals surface area contributed by atoms with E-state index < -0.39 is 17.2 Å². The Bertz CT molecular complexity index is 1700. The number of urea groups is 1. The summed E-state index contributed by atoms with van der Waals surface area (Å²) in [6.45, 7) is 6.12. The average molecular weight is 570 g/mol. The minimum absolute atomic E-state index is 0.155. The fourth-order valence-electron chi connectivity index (χ4n) is 5.31. The number of carbonyl (C=O) groups is 3. The second-order valence-electron chi connectivity index (χ2n) is 10.8. The molecule has 2 aromatic heterocycles. The Morgan fingerprint density at radius 2 is 1.79 bits per heavy atom. The molecule has 0 bridgehead atoms. The largest absolute Gasteiger partial charge is 0.462 e. The number of rotatable bonds is 5. The zero-order valence-corrected chi connectivity index (χ0v) is 24.1. The summed E-state index contributed by atoms with van der Waals surface area (Å²) in [5.41, 5.74) is 2.63. The van der Waals surface area contributed by atoms with Crippen LogP contribution in [0.4, 0.5) is 20.7 Å². The summed E-state index contributed by atoms with van der Waals surface area (Å²) in [7, 11) is 3.35. The van der Waals surface area contributed by atoms with Crippen LogP contribution in [0.25, 0.3) is 16.5 Å². The van der Waals surface area contributed by atoms with Crippen LogP contribution in [0, 0.1) is 5.82 Å². The van der Waals surface area contributed by atoms with Gasteiger partial charge in [0, 0.05) is 60.6 Å². The van der Waals surface area contributed by atoms with Gasteiger partial charge in [-0.2, -0.15) is 0 Å². The summed E-state index contributed by atoms with van der Waals surface area (Å²) in [5.74, 6) is -0.863. The van der Waals surface area contributed by atoms with Gasteiger partial charge in [0.1, 0.15) is 11.6 Å². The van der Waals surface area contributed by atoms with Crippen molar-refractivity contribution in [1.29, 1.82) is 0 Å². The summed E-state index contributed by atoms with van der Waals surface area (Å²) < 4.78 is 18.9. The van der Waals surface area contributed by atoms with Crippen LogP contribution in [0.1, 0.15) is 42.4 Å². The lowest BCUT2D eigenvalue weighted by molar-refractivity contribution is -0.136. The van der Waals surface area contributed by atoms with E-state index in [9.17, 15) is 18.8 Å². The molecule has 1 aliphatic rings. The molecular formula is C32H32FN5O4. The van der Waals surface area contributed by atoms with E-state index in [4.69, 9.17) is 4.74 Å². The van der Waals surface area contributed by atoms with Crippen molar-refractivity contribution in [2.24, 2.45) is 0 Å². The predicted octanol–water partition coefficient (Wildman–Crippen LogP) is 5.73. The topological polar surface area (TPSA) is 98.8 Å². The highest BCUT2D eigenvalue weighted by Crippen LogP contribution is 2.41. The van der Waals surface area contributed by atoms with Crippen molar-refractivity contribution in [3.05, 3.63) is 95.7 Å². The van der Waals surface area contributed by atoms with Gasteiger partial charge in [-0.15, -0.1) is 0 Å². The molecule has 0 saturated carbocycles. The van der Waals surface area contributed by atoms with E-state index in [1.54, 1.807) is 39.3 Å². The van der Waals surface area contributed by atoms with Crippen LogP contribution in [0.5, 0.6) is 0 Å². The SMILES string of the molecule is CCOC(=O)C1=CN(C(=O)c2ccc(F)cc2)CC(C)(C)c2c1[nH]c1cc(N(C)C(=O)N(C)c3ccccn3)ccc21. The summed E-state index contributed by atoms with van der Waals surface area (Å²) >= 11 is 0. The number of H-pyrrole nitrogens is 1. The van der Waals surface area contributed by atoms with E-state index in [1.165, 1.54) is 45.2 Å². The monoisotopic (exact) mass is 569 g/mol. The maximum atomic E-state index is 13.5. The third-order valence-corrected chi connectivity index (χ3v) is 7.38. The number of aromatic nitrogens is 2. The summed E-state index contributed by atoms with van der Waals surface area (Å²) in [4.78, 5) is 52.1. The Kier molecular flexibility index (Phi) is 7.55. The van der Waals surface area contributed by atoms with Gasteiger partial charge in [0.2, 0.25) is 0 Å². The normalized spacial score (nSPS) is 14.0. The number of esters is 1. The molecule has 0 saturated heterocycles. The summed E-state index contributed by atoms with van der Waals surface area (Å²) in [6, 6.07) is 16.0. The quantitative estimate of drug-likeness (QED) is 0.310. The highest BCUT2D eigenvalue weighted by molar-refractivity contribution is 6.18. The fraction of sp³-hybridized carbons (Fsp3) is 0.250. The molecule has 4 aromatic rings. The first kappa shape index (κ1) is 28.5. The number of carbonyl (C=O) groups excluding carboxylic acids is 3. The lowest BCUT2D eigenvalue weighted by Gasteiger charge is -2.30. The Morgan fingerprint density at radius 3 is 2.45 bits per heavy atom. The molecular weight excluding hydrogens is 537 g/mol. The lowest BCUT2D eigenvalue weighted by atomic mass is 9.81. The van der Waals surface area contributed by atoms with Crippen LogP contribution in [-0.2, 0) is 14.9 Å². The number of nitrogens with one attached hydrogen (secondary N) is 1. The summed E-state index contributed by atoms with van der Waals surface area (Å²) in [6.07, 6.45) is 3.13. The number of nitrogens with zero attached hydrogens (tertiary/aromatic N) is 4. The van der Waals surface area contributed by atoms with Crippen LogP contribution < -0.4 is 9.80 Å². The van der Waals surface area contributed by atoms with Crippen LogP contribution in [-0.4, -0.2) is 60.0 Å². The minimum Gasteiger partial charge on any atom is -0.462 e. The number of amides is 3. The first-order valence-electron chi connectivity index (χ1n) is 13.6. The third-order valence-electron chi connectivity index (χ3n) is 7.38. The Balaban J connectivity index is 1.57. The number of ether oxygens (including phenoxy) is 1. The van der Waals surface area contributed by atoms with E-state index in [-0.39, 0.29) is 30.7 Å². The van der Waals surface area contributed by atoms with Crippen molar-refractivity contribution in [2.45, 2.75) is 26.2 Å². The predicted molar refractivity (Wildman–Crippen MR) is 160 cm³/mol. The van der Waals surface area contributed by atoms with Gasteiger partial charge in [-0.25, -0.2) is 19.0 Å². The van der Waals surface area contributed by atoms with Gasteiger partial charge in [-0.05, 0) is 61.0 Å². The van der Waals surface area contributed by atoms with Crippen LogP contribution in [0.3, 0.4) is 0 Å². The number of benzene rings is 2. The smallest absolute Gasteiger partial charge is 0.341 e. The van der Waals surface area contributed by atoms with E-state index in [1.807, 2.05) is 38.1 Å². The molecule has 10 heteroatoms. The first-order valence-corrected chi connectivity index (χ1v) is 13.6. The number of halogens is 1. The number of fused-ring (bicyclic) bond motifs is 3. The molecule has 216 valence electrons. The molecule has 42 heavy (non-hydrogen) atoms. The van der Waals surface area contributed by atoms with E-state index in [0.717, 1.165) is 16.5 Å². The minimum atomic E-state index is -0.615. The maximum absolute atomic E-state index is 13.5. The average Bonchev–Trinajstić information content (AvgIpc) is 3.33. The van der Waals surface area contributed by atoms with Crippen molar-refractivity contribution in [1.82, 2.24) is 14.9 Å². The van der Waals surface area contributed by atoms with Crippen molar-refractivity contribution in [2.75, 3.05) is 37.0 Å². The van der Waals surface area contributed by atoms with Gasteiger partial charge >= 0.3 is 12.0 Å². The maximum Gasteiger partial charge on any atom is 0.341 e. The second-order valence-corrected chi connectivity index (χ2v) is 10.8. The second kappa shape index (κ2) is 11.1. The molecule has 1 aliphatic heterocycles. The van der Waals surface area contributed by atoms with Crippen molar-refractivity contribution >= 4 is 45.9 Å². The van der Waals surface area contributed by atoms with Gasteiger partial charge < -0.3 is 14.6 Å². The van der Waals surface area contributed by atoms with Gasteiger partial charge in [0.05, 0.1) is 17.9 Å². The zero-order chi connectivity index (χ0) is 30.2. The molecule has 9 nitrogen and oxygen atoms in total. The molecule has 0 fully saturated rings. The third kappa shape index (κ3) is 5.23. The molecule has 0 spiro atoms. The van der Waals surface area contributed by atoms with Crippen molar-refractivity contribution in [3.63, 3.8) is 0 Å². The Hall–Kier alpha value is -4.99. The van der Waals surface area contributed by atoms with E-state index in [0.29, 0.717) is 22.8 Å². The van der Waals surface area contributed by atoms with Crippen LogP contribution in [0.2, 0.25) is 0 Å². The van der Waals surface area contributed by atoms with Crippen LogP contribution >= 0.6 is 0 Å². The Morgan fingerprint density at radius 1 is 1.05 bits per heavy atom. The number of hydrogen-bond acceptors (Lipinski definition) is 5. The fourth-order valence-corrected chi connectivity index (χ4v) is 5.31. The number of anilines is 2. The summed E-state index contributed by atoms with van der Waals surface area (Å²) in [5, 5.41) is 0.851. The molecule has 5 rings (SSSR count). The standard InChI is InChI=1S/C32H32FN5O4/c1-6-42-30(40)24-18-38(29(39)20-10-12-21(33)13-11-20)19-32(2,3)27-23-15-14-22(17-25(23)35-28(24)27)36(4)31(41)37(5)26-9-7-8-16-34-26/h7-18,35H,6,19H2,1-5H3. The van der Waals surface area contributed by atoms with Gasteiger partial charge in [0.25, 0.3) is 5.91 Å². The molecule has 3 amide bonds. The lowest BCUT2D eigenvalue weighted by Crippen LogP contribution is -2.39. The van der Waals surface area contributed by atoms with Crippen molar-refractivity contribution < 1.29 is 23.5 Å². The number of hydrogen-bond donors (Lipinski definition) is 1. The Labute approximate surface area is 243 Å². The molecule has 0 radical (unpaired) electrons. The molecule has 2 aromatic carbocycles. The van der Waals surface area contributed by atoms with Gasteiger partial charge in [-0.3, -0.25) is 14.6 Å². The van der Waals surface area contributed by atoms with E-state index >= 15 is 0 Å². The highest BCUT2D eigenvalue weighted by atomic mass is 19.1. The number of aromatic amines is 1. The van der Waals surface area contributed by atoms with Gasteiger partial charge in [-0.1, -0.05) is 26.0 Å². The number of pyridine rings is 1. The van der Waals surface area contributed by atoms with E-state index in [2.05, 4.69) is 9.97 Å². The molecule has 3 heterocycles. The molecule has 0 unspecified atom stereocenters. The van der Waals surface area contributed by atoms with Gasteiger partial charge in [0.15, 0.2) is 0 Å². The first-order chi connectivity index (χ1) is 20.0. The highest BCUT2D eigenvalue weighted by Gasteiger charge is 2.37. The molecule has 0 aliphatic carbocycles.